The second-order valence-corrected chi connectivity index (χ2v) is 4.12. The molecule has 2 aromatic rings. The van der Waals surface area contributed by atoms with Gasteiger partial charge in [0.2, 0.25) is 5.69 Å². The van der Waals surface area contributed by atoms with Crippen molar-refractivity contribution in [1.29, 1.82) is 0 Å². The van der Waals surface area contributed by atoms with Gasteiger partial charge in [0.05, 0.1) is 0 Å². The molecular formula is C14H15N3O. The molecule has 18 heavy (non-hydrogen) atoms. The van der Waals surface area contributed by atoms with E-state index in [1.807, 2.05) is 61.5 Å². The third-order valence-corrected chi connectivity index (χ3v) is 2.55. The highest BCUT2D eigenvalue weighted by Crippen LogP contribution is 2.20. The van der Waals surface area contributed by atoms with E-state index in [0.29, 0.717) is 16.2 Å². The molecule has 0 heterocycles. The van der Waals surface area contributed by atoms with Crippen LogP contribution in [-0.2, 0) is 0 Å². The summed E-state index contributed by atoms with van der Waals surface area (Å²) in [5.41, 5.74) is 2.24. The lowest BCUT2D eigenvalue weighted by Gasteiger charge is -2.11. The number of rotatable bonds is 3. The zero-order valence-corrected chi connectivity index (χ0v) is 10.4. The van der Waals surface area contributed by atoms with Crippen LogP contribution in [-0.4, -0.2) is 19.0 Å². The minimum Gasteiger partial charge on any atom is -0.594 e. The number of nitrogens with zero attached hydrogens (tertiary/aromatic N) is 3. The van der Waals surface area contributed by atoms with Crippen molar-refractivity contribution in [3.05, 3.63) is 59.8 Å². The van der Waals surface area contributed by atoms with Gasteiger partial charge < -0.3 is 10.1 Å². The van der Waals surface area contributed by atoms with Gasteiger partial charge in [-0.2, -0.15) is 0 Å². The molecular weight excluding hydrogens is 226 g/mol. The van der Waals surface area contributed by atoms with Gasteiger partial charge in [-0.25, -0.2) is 0 Å². The Balaban J connectivity index is 2.23. The maximum atomic E-state index is 11.8. The van der Waals surface area contributed by atoms with Gasteiger partial charge in [0.15, 0.2) is 0 Å². The Morgan fingerprint density at radius 2 is 1.56 bits per heavy atom. The average molecular weight is 241 g/mol. The molecule has 0 amide bonds. The predicted molar refractivity (Wildman–Crippen MR) is 72.6 cm³/mol. The van der Waals surface area contributed by atoms with E-state index in [4.69, 9.17) is 0 Å². The molecule has 0 saturated heterocycles. The molecule has 0 saturated carbocycles. The van der Waals surface area contributed by atoms with Crippen LogP contribution in [0.3, 0.4) is 0 Å². The van der Waals surface area contributed by atoms with Crippen LogP contribution in [0, 0.1) is 5.21 Å². The second-order valence-electron chi connectivity index (χ2n) is 4.12. The highest BCUT2D eigenvalue weighted by Gasteiger charge is 2.02. The second kappa shape index (κ2) is 5.31. The SMILES string of the molecule is CN(C)c1ccc(N=[N+]([O-])c2ccccc2)cc1. The summed E-state index contributed by atoms with van der Waals surface area (Å²) >= 11 is 0. The van der Waals surface area contributed by atoms with E-state index in [-0.39, 0.29) is 0 Å². The number of para-hydroxylation sites is 1. The first-order valence-corrected chi connectivity index (χ1v) is 5.68. The zero-order valence-electron chi connectivity index (χ0n) is 10.4. The standard InChI is InChI=1S/C14H15N3O/c1-16(2)13-10-8-12(9-11-13)15-17(18)14-6-4-3-5-7-14/h3-11H,1-2H3. The van der Waals surface area contributed by atoms with E-state index < -0.39 is 0 Å². The number of azo groups is 1. The van der Waals surface area contributed by atoms with Gasteiger partial charge in [0, 0.05) is 37.0 Å². The average Bonchev–Trinajstić information content (AvgIpc) is 2.40. The molecule has 0 aliphatic rings. The predicted octanol–water partition coefficient (Wildman–Crippen LogP) is 3.68. The lowest BCUT2D eigenvalue weighted by molar-refractivity contribution is -0.435. The van der Waals surface area contributed by atoms with E-state index in [9.17, 15) is 5.21 Å². The van der Waals surface area contributed by atoms with Crippen molar-refractivity contribution in [3.63, 3.8) is 0 Å². The van der Waals surface area contributed by atoms with Crippen LogP contribution in [0.2, 0.25) is 0 Å². The highest BCUT2D eigenvalue weighted by atomic mass is 16.5. The molecule has 2 rings (SSSR count). The number of hydrogen-bond donors (Lipinski definition) is 0. The molecule has 0 aliphatic carbocycles. The van der Waals surface area contributed by atoms with Gasteiger partial charge in [-0.05, 0) is 24.3 Å². The van der Waals surface area contributed by atoms with E-state index in [2.05, 4.69) is 5.11 Å². The van der Waals surface area contributed by atoms with Crippen LogP contribution in [0.1, 0.15) is 0 Å². The Bertz CT molecular complexity index is 533. The normalized spacial score (nSPS) is 11.3. The molecule has 0 unspecified atom stereocenters. The molecule has 92 valence electrons. The fourth-order valence-electron chi connectivity index (χ4n) is 1.54. The minimum atomic E-state index is 0.522. The van der Waals surface area contributed by atoms with Crippen molar-refractivity contribution >= 4 is 17.1 Å². The van der Waals surface area contributed by atoms with Crippen LogP contribution in [0.5, 0.6) is 0 Å². The lowest BCUT2D eigenvalue weighted by Crippen LogP contribution is -2.07. The minimum absolute atomic E-state index is 0.522. The Kier molecular flexibility index (Phi) is 3.57. The van der Waals surface area contributed by atoms with Gasteiger partial charge in [-0.1, -0.05) is 23.1 Å². The third-order valence-electron chi connectivity index (χ3n) is 2.55. The number of hydrogen-bond acceptors (Lipinski definition) is 3. The monoisotopic (exact) mass is 241 g/mol. The summed E-state index contributed by atoms with van der Waals surface area (Å²) in [4.78, 5) is 2.63. The summed E-state index contributed by atoms with van der Waals surface area (Å²) in [5, 5.41) is 15.8. The Labute approximate surface area is 106 Å². The molecule has 4 nitrogen and oxygen atoms in total. The first kappa shape index (κ1) is 12.1. The Hall–Kier alpha value is -2.36. The largest absolute Gasteiger partial charge is 0.594 e. The van der Waals surface area contributed by atoms with E-state index in [1.165, 1.54) is 0 Å². The highest BCUT2D eigenvalue weighted by molar-refractivity contribution is 5.51. The fourth-order valence-corrected chi connectivity index (χ4v) is 1.54. The maximum Gasteiger partial charge on any atom is 0.244 e. The summed E-state index contributed by atoms with van der Waals surface area (Å²) < 4.78 is 0. The van der Waals surface area contributed by atoms with Crippen LogP contribution in [0.4, 0.5) is 17.1 Å². The van der Waals surface area contributed by atoms with E-state index >= 15 is 0 Å². The first-order chi connectivity index (χ1) is 8.66. The zero-order chi connectivity index (χ0) is 13.0. The van der Waals surface area contributed by atoms with Crippen LogP contribution < -0.4 is 4.90 Å². The first-order valence-electron chi connectivity index (χ1n) is 5.68. The summed E-state index contributed by atoms with van der Waals surface area (Å²) in [6, 6.07) is 16.4. The maximum absolute atomic E-state index is 11.8. The summed E-state index contributed by atoms with van der Waals surface area (Å²) in [6.07, 6.45) is 0. The smallest absolute Gasteiger partial charge is 0.244 e. The van der Waals surface area contributed by atoms with Crippen LogP contribution >= 0.6 is 0 Å². The third kappa shape index (κ3) is 2.85. The number of anilines is 1. The number of benzene rings is 2. The summed E-state index contributed by atoms with van der Waals surface area (Å²) in [7, 11) is 3.94. The topological polar surface area (TPSA) is 41.7 Å². The van der Waals surface area contributed by atoms with Gasteiger partial charge in [-0.3, -0.25) is 0 Å². The summed E-state index contributed by atoms with van der Waals surface area (Å²) in [5.74, 6) is 0. The molecule has 0 radical (unpaired) electrons. The molecule has 0 aliphatic heterocycles. The molecule has 0 aromatic heterocycles. The van der Waals surface area contributed by atoms with Crippen molar-refractivity contribution in [1.82, 2.24) is 0 Å². The van der Waals surface area contributed by atoms with Gasteiger partial charge in [0.25, 0.3) is 0 Å². The Morgan fingerprint density at radius 3 is 2.11 bits per heavy atom. The molecule has 4 heteroatoms. The molecule has 0 bridgehead atoms. The van der Waals surface area contributed by atoms with Crippen molar-refractivity contribution in [2.75, 3.05) is 19.0 Å². The molecule has 0 N–H and O–H groups in total. The van der Waals surface area contributed by atoms with Crippen molar-refractivity contribution < 1.29 is 4.86 Å². The van der Waals surface area contributed by atoms with E-state index in [1.54, 1.807) is 12.1 Å². The van der Waals surface area contributed by atoms with Crippen LogP contribution in [0.15, 0.2) is 59.7 Å². The molecule has 0 fully saturated rings. The Morgan fingerprint density at radius 1 is 0.944 bits per heavy atom. The van der Waals surface area contributed by atoms with Crippen LogP contribution in [0.25, 0.3) is 0 Å². The lowest BCUT2D eigenvalue weighted by atomic mass is 10.3. The van der Waals surface area contributed by atoms with Crippen molar-refractivity contribution in [2.45, 2.75) is 0 Å². The molecule has 0 atom stereocenters. The molecule has 2 aromatic carbocycles. The fraction of sp³-hybridized carbons (Fsp3) is 0.143. The summed E-state index contributed by atoms with van der Waals surface area (Å²) in [6.45, 7) is 0. The molecule has 0 spiro atoms. The van der Waals surface area contributed by atoms with E-state index in [0.717, 1.165) is 5.69 Å². The van der Waals surface area contributed by atoms with Crippen molar-refractivity contribution in [2.24, 2.45) is 5.11 Å². The van der Waals surface area contributed by atoms with Crippen molar-refractivity contribution in [3.8, 4) is 0 Å². The quantitative estimate of drug-likeness (QED) is 0.467. The van der Waals surface area contributed by atoms with Gasteiger partial charge >= 0.3 is 0 Å². The van der Waals surface area contributed by atoms with Gasteiger partial charge in [0.1, 0.15) is 5.69 Å². The van der Waals surface area contributed by atoms with Gasteiger partial charge in [-0.15, -0.1) is 0 Å².